The minimum atomic E-state index is -4.10. The van der Waals surface area contributed by atoms with Gasteiger partial charge in [-0.3, -0.25) is 0 Å². The number of phenols is 1. The third-order valence-corrected chi connectivity index (χ3v) is 2.48. The van der Waals surface area contributed by atoms with E-state index in [2.05, 4.69) is 0 Å². The van der Waals surface area contributed by atoms with Gasteiger partial charge in [-0.15, -0.1) is 0 Å². The number of carboxylic acid groups (broad SMARTS) is 1. The normalized spacial score (nSPS) is 11.2. The fourth-order valence-corrected chi connectivity index (χ4v) is 1.57. The standard InChI is InChI=1S/C7H7NO5S/c8-14(12,13)5-3-1-2-4(6(5)9)7(10)11/h1-3,9H,(H,10,11)(H2,8,12,13). The molecule has 0 fully saturated rings. The zero-order valence-electron chi connectivity index (χ0n) is 6.84. The summed E-state index contributed by atoms with van der Waals surface area (Å²) < 4.78 is 21.7. The molecule has 0 saturated carbocycles. The van der Waals surface area contributed by atoms with Gasteiger partial charge in [-0.05, 0) is 12.1 Å². The van der Waals surface area contributed by atoms with Crippen LogP contribution in [0, 0.1) is 0 Å². The predicted molar refractivity (Wildman–Crippen MR) is 46.4 cm³/mol. The summed E-state index contributed by atoms with van der Waals surface area (Å²) in [5, 5.41) is 22.6. The van der Waals surface area contributed by atoms with Crippen molar-refractivity contribution < 1.29 is 23.4 Å². The Bertz CT molecular complexity index is 479. The fraction of sp³-hybridized carbons (Fsp3) is 0. The van der Waals surface area contributed by atoms with E-state index in [0.717, 1.165) is 12.1 Å². The number of carboxylic acids is 1. The lowest BCUT2D eigenvalue weighted by molar-refractivity contribution is 0.0693. The maximum absolute atomic E-state index is 10.9. The minimum absolute atomic E-state index is 0.503. The Hall–Kier alpha value is -1.60. The molecule has 7 heteroatoms. The molecule has 4 N–H and O–H groups in total. The molecule has 0 aromatic heterocycles. The number of hydrogen-bond acceptors (Lipinski definition) is 4. The van der Waals surface area contributed by atoms with Crippen molar-refractivity contribution >= 4 is 16.0 Å². The Kier molecular flexibility index (Phi) is 2.45. The van der Waals surface area contributed by atoms with E-state index in [0.29, 0.717) is 0 Å². The van der Waals surface area contributed by atoms with Crippen molar-refractivity contribution in [2.45, 2.75) is 4.90 Å². The van der Waals surface area contributed by atoms with Crippen molar-refractivity contribution in [3.63, 3.8) is 0 Å². The van der Waals surface area contributed by atoms with Gasteiger partial charge in [0.05, 0.1) is 0 Å². The maximum Gasteiger partial charge on any atom is 0.339 e. The van der Waals surface area contributed by atoms with Gasteiger partial charge in [0.25, 0.3) is 0 Å². The lowest BCUT2D eigenvalue weighted by atomic mass is 10.2. The highest BCUT2D eigenvalue weighted by Crippen LogP contribution is 2.25. The Labute approximate surface area is 79.6 Å². The van der Waals surface area contributed by atoms with E-state index in [1.807, 2.05) is 0 Å². The highest BCUT2D eigenvalue weighted by Gasteiger charge is 2.19. The van der Waals surface area contributed by atoms with Crippen LogP contribution in [-0.2, 0) is 10.0 Å². The molecule has 0 heterocycles. The quantitative estimate of drug-likeness (QED) is 0.630. The van der Waals surface area contributed by atoms with E-state index in [1.165, 1.54) is 6.07 Å². The van der Waals surface area contributed by atoms with E-state index in [-0.39, 0.29) is 0 Å². The summed E-state index contributed by atoms with van der Waals surface area (Å²) in [6, 6.07) is 3.28. The van der Waals surface area contributed by atoms with E-state index >= 15 is 0 Å². The zero-order valence-corrected chi connectivity index (χ0v) is 7.65. The van der Waals surface area contributed by atoms with Crippen LogP contribution in [0.15, 0.2) is 23.1 Å². The van der Waals surface area contributed by atoms with E-state index in [9.17, 15) is 18.3 Å². The summed E-state index contributed by atoms with van der Waals surface area (Å²) in [6.45, 7) is 0. The van der Waals surface area contributed by atoms with Gasteiger partial charge in [-0.1, -0.05) is 6.07 Å². The van der Waals surface area contributed by atoms with E-state index in [1.54, 1.807) is 0 Å². The second-order valence-electron chi connectivity index (χ2n) is 2.50. The SMILES string of the molecule is NS(=O)(=O)c1cccc(C(=O)O)c1O. The third kappa shape index (κ3) is 1.83. The lowest BCUT2D eigenvalue weighted by Gasteiger charge is -2.03. The average Bonchev–Trinajstić information content (AvgIpc) is 2.01. The van der Waals surface area contributed by atoms with Gasteiger partial charge in [-0.2, -0.15) is 0 Å². The molecular weight excluding hydrogens is 210 g/mol. The Morgan fingerprint density at radius 2 is 1.93 bits per heavy atom. The Balaban J connectivity index is 3.51. The first kappa shape index (κ1) is 10.5. The van der Waals surface area contributed by atoms with Crippen LogP contribution in [0.3, 0.4) is 0 Å². The van der Waals surface area contributed by atoms with Gasteiger partial charge in [0.2, 0.25) is 10.0 Å². The van der Waals surface area contributed by atoms with Gasteiger partial charge in [0, 0.05) is 0 Å². The molecule has 0 saturated heterocycles. The van der Waals surface area contributed by atoms with Crippen molar-refractivity contribution in [3.8, 4) is 5.75 Å². The van der Waals surface area contributed by atoms with Crippen molar-refractivity contribution in [2.75, 3.05) is 0 Å². The monoisotopic (exact) mass is 217 g/mol. The number of sulfonamides is 1. The van der Waals surface area contributed by atoms with Gasteiger partial charge in [0.15, 0.2) is 0 Å². The van der Waals surface area contributed by atoms with Crippen LogP contribution < -0.4 is 5.14 Å². The summed E-state index contributed by atoms with van der Waals surface area (Å²) in [4.78, 5) is 9.91. The maximum atomic E-state index is 10.9. The molecule has 14 heavy (non-hydrogen) atoms. The molecule has 1 aromatic carbocycles. The van der Waals surface area contributed by atoms with E-state index < -0.39 is 32.2 Å². The predicted octanol–water partition coefficient (Wildman–Crippen LogP) is -0.262. The number of primary sulfonamides is 1. The molecule has 0 spiro atoms. The number of carbonyl (C=O) groups is 1. The Morgan fingerprint density at radius 3 is 2.36 bits per heavy atom. The molecule has 76 valence electrons. The Morgan fingerprint density at radius 1 is 1.36 bits per heavy atom. The molecule has 6 nitrogen and oxygen atoms in total. The zero-order chi connectivity index (χ0) is 10.9. The van der Waals surface area contributed by atoms with Gasteiger partial charge in [-0.25, -0.2) is 18.4 Å². The molecule has 0 bridgehead atoms. The largest absolute Gasteiger partial charge is 0.506 e. The van der Waals surface area contributed by atoms with E-state index in [4.69, 9.17) is 10.2 Å². The van der Waals surface area contributed by atoms with Gasteiger partial charge < -0.3 is 10.2 Å². The third-order valence-electron chi connectivity index (χ3n) is 1.54. The lowest BCUT2D eigenvalue weighted by Crippen LogP contribution is -2.13. The van der Waals surface area contributed by atoms with Crippen LogP contribution in [0.5, 0.6) is 5.75 Å². The number of hydrogen-bond donors (Lipinski definition) is 3. The molecule has 0 radical (unpaired) electrons. The smallest absolute Gasteiger partial charge is 0.339 e. The molecule has 0 aliphatic rings. The summed E-state index contributed by atoms with van der Waals surface area (Å²) in [7, 11) is -4.10. The van der Waals surface area contributed by atoms with Gasteiger partial charge >= 0.3 is 5.97 Å². The summed E-state index contributed by atoms with van der Waals surface area (Å²) in [6.07, 6.45) is 0. The number of nitrogens with two attached hydrogens (primary N) is 1. The van der Waals surface area contributed by atoms with Crippen LogP contribution >= 0.6 is 0 Å². The van der Waals surface area contributed by atoms with Crippen molar-refractivity contribution in [1.82, 2.24) is 0 Å². The molecule has 0 unspecified atom stereocenters. The van der Waals surface area contributed by atoms with Crippen molar-refractivity contribution in [1.29, 1.82) is 0 Å². The number of benzene rings is 1. The molecule has 0 aliphatic carbocycles. The highest BCUT2D eigenvalue weighted by molar-refractivity contribution is 7.89. The van der Waals surface area contributed by atoms with Crippen LogP contribution in [0.4, 0.5) is 0 Å². The second kappa shape index (κ2) is 3.28. The number of rotatable bonds is 2. The topological polar surface area (TPSA) is 118 Å². The van der Waals surface area contributed by atoms with Crippen LogP contribution in [-0.4, -0.2) is 24.6 Å². The minimum Gasteiger partial charge on any atom is -0.506 e. The fourth-order valence-electron chi connectivity index (χ4n) is 0.924. The van der Waals surface area contributed by atoms with Gasteiger partial charge in [0.1, 0.15) is 16.2 Å². The second-order valence-corrected chi connectivity index (χ2v) is 4.03. The van der Waals surface area contributed by atoms with Crippen molar-refractivity contribution in [2.24, 2.45) is 5.14 Å². The number of aromatic hydroxyl groups is 1. The first-order chi connectivity index (χ1) is 6.34. The summed E-state index contributed by atoms with van der Waals surface area (Å²) in [5.74, 6) is -2.27. The van der Waals surface area contributed by atoms with Crippen molar-refractivity contribution in [3.05, 3.63) is 23.8 Å². The summed E-state index contributed by atoms with van der Waals surface area (Å²) >= 11 is 0. The van der Waals surface area contributed by atoms with Crippen LogP contribution in [0.25, 0.3) is 0 Å². The number of para-hydroxylation sites is 1. The number of aromatic carboxylic acids is 1. The highest BCUT2D eigenvalue weighted by atomic mass is 32.2. The molecule has 1 rings (SSSR count). The first-order valence-corrected chi connectivity index (χ1v) is 4.96. The molecule has 0 amide bonds. The average molecular weight is 217 g/mol. The molecule has 0 aliphatic heterocycles. The molecule has 1 aromatic rings. The molecular formula is C7H7NO5S. The first-order valence-electron chi connectivity index (χ1n) is 3.42. The van der Waals surface area contributed by atoms with Crippen LogP contribution in [0.1, 0.15) is 10.4 Å². The molecule has 0 atom stereocenters. The van der Waals surface area contributed by atoms with Crippen LogP contribution in [0.2, 0.25) is 0 Å². The summed E-state index contributed by atoms with van der Waals surface area (Å²) in [5.41, 5.74) is -0.503.